The zero-order chi connectivity index (χ0) is 27.2. The van der Waals surface area contributed by atoms with Gasteiger partial charge in [0.05, 0.1) is 5.56 Å². The molecule has 0 radical (unpaired) electrons. The van der Waals surface area contributed by atoms with E-state index >= 15 is 0 Å². The molecule has 2 aromatic carbocycles. The van der Waals surface area contributed by atoms with E-state index in [0.717, 1.165) is 23.3 Å². The highest BCUT2D eigenvalue weighted by Gasteiger charge is 2.58. The molecule has 8 nitrogen and oxygen atoms in total. The number of rotatable bonds is 6. The van der Waals surface area contributed by atoms with Gasteiger partial charge in [-0.25, -0.2) is 9.18 Å². The fraction of sp³-hybridized carbons (Fsp3) is 0.448. The lowest BCUT2D eigenvalue weighted by atomic mass is 9.85. The number of hydrogen-bond acceptors (Lipinski definition) is 4. The Morgan fingerprint density at radius 3 is 2.29 bits per heavy atom. The van der Waals surface area contributed by atoms with Crippen molar-refractivity contribution in [3.8, 4) is 0 Å². The molecule has 1 atom stereocenters. The van der Waals surface area contributed by atoms with E-state index in [4.69, 9.17) is 0 Å². The third-order valence-corrected chi connectivity index (χ3v) is 8.03. The predicted molar refractivity (Wildman–Crippen MR) is 140 cm³/mol. The highest BCUT2D eigenvalue weighted by molar-refractivity contribution is 6.16. The van der Waals surface area contributed by atoms with Crippen molar-refractivity contribution in [1.29, 1.82) is 0 Å². The largest absolute Gasteiger partial charge is 0.341 e. The van der Waals surface area contributed by atoms with Gasteiger partial charge in [-0.2, -0.15) is 0 Å². The molecule has 1 unspecified atom stereocenters. The number of nitrogens with zero attached hydrogens (tertiary/aromatic N) is 3. The van der Waals surface area contributed by atoms with Crippen molar-refractivity contribution >= 4 is 29.4 Å². The van der Waals surface area contributed by atoms with Crippen LogP contribution in [0.2, 0.25) is 0 Å². The first-order valence-corrected chi connectivity index (χ1v) is 13.2. The molecule has 200 valence electrons. The normalized spacial score (nSPS) is 19.9. The molecule has 38 heavy (non-hydrogen) atoms. The molecule has 2 heterocycles. The lowest BCUT2D eigenvalue weighted by molar-refractivity contribution is -0.139. The summed E-state index contributed by atoms with van der Waals surface area (Å²) >= 11 is 0. The van der Waals surface area contributed by atoms with Crippen LogP contribution >= 0.6 is 0 Å². The third kappa shape index (κ3) is 4.44. The summed E-state index contributed by atoms with van der Waals surface area (Å²) in [4.78, 5) is 57.3. The summed E-state index contributed by atoms with van der Waals surface area (Å²) in [6.45, 7) is 4.16. The molecule has 0 bridgehead atoms. The topological polar surface area (TPSA) is 90.0 Å². The van der Waals surface area contributed by atoms with Gasteiger partial charge in [-0.1, -0.05) is 38.1 Å². The highest BCUT2D eigenvalue weighted by Crippen LogP contribution is 2.41. The molecular formula is C29H33FN4O4. The van der Waals surface area contributed by atoms with E-state index in [1.807, 2.05) is 32.0 Å². The van der Waals surface area contributed by atoms with Crippen LogP contribution < -0.4 is 10.2 Å². The van der Waals surface area contributed by atoms with Crippen molar-refractivity contribution in [2.45, 2.75) is 57.0 Å². The number of piperidine rings is 1. The maximum atomic E-state index is 14.5. The number of hydrogen-bond donors (Lipinski definition) is 1. The first-order valence-electron chi connectivity index (χ1n) is 13.2. The van der Waals surface area contributed by atoms with Gasteiger partial charge in [0.2, 0.25) is 5.91 Å². The Labute approximate surface area is 221 Å². The van der Waals surface area contributed by atoms with Gasteiger partial charge in [-0.05, 0) is 67.3 Å². The van der Waals surface area contributed by atoms with Gasteiger partial charge in [0, 0.05) is 25.8 Å². The molecule has 9 heteroatoms. The number of benzene rings is 2. The first kappa shape index (κ1) is 25.9. The zero-order valence-corrected chi connectivity index (χ0v) is 21.9. The maximum Gasteiger partial charge on any atom is 0.331 e. The van der Waals surface area contributed by atoms with Crippen LogP contribution in [0.25, 0.3) is 0 Å². The number of halogens is 1. The second-order valence-electron chi connectivity index (χ2n) is 10.9. The monoisotopic (exact) mass is 520 g/mol. The number of anilines is 1. The Kier molecular flexibility index (Phi) is 6.71. The summed E-state index contributed by atoms with van der Waals surface area (Å²) in [7, 11) is 1.48. The van der Waals surface area contributed by atoms with E-state index in [0.29, 0.717) is 11.6 Å². The number of imide groups is 1. The second-order valence-corrected chi connectivity index (χ2v) is 10.9. The van der Waals surface area contributed by atoms with Crippen LogP contribution in [0.3, 0.4) is 0 Å². The van der Waals surface area contributed by atoms with E-state index in [9.17, 15) is 23.6 Å². The molecule has 5 rings (SSSR count). The van der Waals surface area contributed by atoms with E-state index in [-0.39, 0.29) is 55.3 Å². The number of likely N-dealkylation sites (N-methyl/N-ethyl adjacent to an activating group) is 1. The Morgan fingerprint density at radius 2 is 1.68 bits per heavy atom. The predicted octanol–water partition coefficient (Wildman–Crippen LogP) is 3.92. The van der Waals surface area contributed by atoms with Crippen LogP contribution in [-0.2, 0) is 9.59 Å². The smallest absolute Gasteiger partial charge is 0.331 e. The molecule has 3 aliphatic rings. The van der Waals surface area contributed by atoms with Crippen molar-refractivity contribution in [3.05, 3.63) is 65.5 Å². The molecule has 2 aliphatic heterocycles. The molecule has 2 aromatic rings. The van der Waals surface area contributed by atoms with E-state index in [1.165, 1.54) is 13.1 Å². The standard InChI is InChI=1S/C29H33FN4O4/c1-18(2)24(31-25(35)22-17-20(19-9-10-19)11-12-23(22)30)26(36)33-15-13-29(14-16-33)27(37)32(3)28(38)34(29)21-7-5-4-6-8-21/h4-8,11-12,17-19,24H,9-10,13-16H2,1-3H3,(H,31,35). The number of nitrogens with one attached hydrogen (secondary N) is 1. The zero-order valence-electron chi connectivity index (χ0n) is 21.9. The van der Waals surface area contributed by atoms with Gasteiger partial charge in [0.1, 0.15) is 17.4 Å². The molecule has 0 aromatic heterocycles. The summed E-state index contributed by atoms with van der Waals surface area (Å²) in [6.07, 6.45) is 2.61. The van der Waals surface area contributed by atoms with Gasteiger partial charge in [0.15, 0.2) is 0 Å². The Morgan fingerprint density at radius 1 is 1.03 bits per heavy atom. The minimum atomic E-state index is -1.06. The SMILES string of the molecule is CC(C)C(NC(=O)c1cc(C2CC2)ccc1F)C(=O)N1CCC2(CC1)C(=O)N(C)C(=O)N2c1ccccc1. The van der Waals surface area contributed by atoms with Gasteiger partial charge in [-0.3, -0.25) is 24.2 Å². The van der Waals surface area contributed by atoms with Gasteiger partial charge in [-0.15, -0.1) is 0 Å². The lowest BCUT2D eigenvalue weighted by Crippen LogP contribution is -2.60. The van der Waals surface area contributed by atoms with Crippen LogP contribution in [0.1, 0.15) is 61.4 Å². The highest BCUT2D eigenvalue weighted by atomic mass is 19.1. The van der Waals surface area contributed by atoms with Crippen LogP contribution in [0.15, 0.2) is 48.5 Å². The number of likely N-dealkylation sites (tertiary alicyclic amines) is 1. The number of urea groups is 1. The summed E-state index contributed by atoms with van der Waals surface area (Å²) < 4.78 is 14.5. The Hall–Kier alpha value is -3.75. The number of carbonyl (C=O) groups excluding carboxylic acids is 4. The quantitative estimate of drug-likeness (QED) is 0.585. The molecule has 1 spiro atoms. The average molecular weight is 521 g/mol. The summed E-state index contributed by atoms with van der Waals surface area (Å²) in [5.41, 5.74) is 0.459. The van der Waals surface area contributed by atoms with Crippen molar-refractivity contribution in [2.24, 2.45) is 5.92 Å². The van der Waals surface area contributed by atoms with Crippen LogP contribution in [0.4, 0.5) is 14.9 Å². The van der Waals surface area contributed by atoms with Gasteiger partial charge in [0.25, 0.3) is 11.8 Å². The van der Waals surface area contributed by atoms with Crippen LogP contribution in [0, 0.1) is 11.7 Å². The van der Waals surface area contributed by atoms with Crippen molar-refractivity contribution in [2.75, 3.05) is 25.0 Å². The van der Waals surface area contributed by atoms with Crippen LogP contribution in [-0.4, -0.2) is 65.3 Å². The van der Waals surface area contributed by atoms with Gasteiger partial charge >= 0.3 is 6.03 Å². The summed E-state index contributed by atoms with van der Waals surface area (Å²) in [6, 6.07) is 12.4. The number of amides is 5. The summed E-state index contributed by atoms with van der Waals surface area (Å²) in [5.74, 6) is -1.66. The van der Waals surface area contributed by atoms with Gasteiger partial charge < -0.3 is 10.2 Å². The molecule has 2 saturated heterocycles. The Bertz CT molecular complexity index is 1270. The third-order valence-electron chi connectivity index (χ3n) is 8.03. The first-order chi connectivity index (χ1) is 18.1. The minimum absolute atomic E-state index is 0.0537. The number of para-hydroxylation sites is 1. The lowest BCUT2D eigenvalue weighted by Gasteiger charge is -2.43. The molecule has 1 saturated carbocycles. The van der Waals surface area contributed by atoms with Crippen molar-refractivity contribution in [3.63, 3.8) is 0 Å². The van der Waals surface area contributed by atoms with E-state index < -0.39 is 23.3 Å². The molecule has 1 N–H and O–H groups in total. The molecule has 5 amide bonds. The summed E-state index contributed by atoms with van der Waals surface area (Å²) in [5, 5.41) is 2.77. The van der Waals surface area contributed by atoms with Crippen molar-refractivity contribution < 1.29 is 23.6 Å². The van der Waals surface area contributed by atoms with E-state index in [1.54, 1.807) is 34.1 Å². The fourth-order valence-electron chi connectivity index (χ4n) is 5.61. The molecular weight excluding hydrogens is 487 g/mol. The number of carbonyl (C=O) groups is 4. The second kappa shape index (κ2) is 9.85. The molecule has 3 fully saturated rings. The average Bonchev–Trinajstić information content (AvgIpc) is 3.75. The Balaban J connectivity index is 1.32. The van der Waals surface area contributed by atoms with Crippen molar-refractivity contribution in [1.82, 2.24) is 15.1 Å². The maximum absolute atomic E-state index is 14.5. The fourth-order valence-corrected chi connectivity index (χ4v) is 5.61. The minimum Gasteiger partial charge on any atom is -0.341 e. The van der Waals surface area contributed by atoms with Crippen LogP contribution in [0.5, 0.6) is 0 Å². The van der Waals surface area contributed by atoms with E-state index in [2.05, 4.69) is 5.32 Å². The molecule has 1 aliphatic carbocycles.